The number of carbonyl (C=O) groups excluding carboxylic acids is 1. The molecule has 0 aliphatic carbocycles. The predicted molar refractivity (Wildman–Crippen MR) is 111 cm³/mol. The third-order valence-corrected chi connectivity index (χ3v) is 5.67. The summed E-state index contributed by atoms with van der Waals surface area (Å²) in [6.07, 6.45) is 4.70. The molecule has 3 heterocycles. The van der Waals surface area contributed by atoms with Crippen molar-refractivity contribution in [3.05, 3.63) is 76.5 Å². The van der Waals surface area contributed by atoms with Gasteiger partial charge in [0.2, 0.25) is 0 Å². The van der Waals surface area contributed by atoms with Gasteiger partial charge in [0, 0.05) is 23.3 Å². The minimum Gasteiger partial charge on any atom is -0.379 e. The van der Waals surface area contributed by atoms with Gasteiger partial charge in [-0.1, -0.05) is 53.5 Å². The molecule has 5 rings (SSSR count). The molecule has 0 fully saturated rings. The predicted octanol–water partition coefficient (Wildman–Crippen LogP) is 5.00. The van der Waals surface area contributed by atoms with E-state index in [1.54, 1.807) is 9.58 Å². The molecule has 3 aromatic rings. The highest BCUT2D eigenvalue weighted by Crippen LogP contribution is 2.38. The van der Waals surface area contributed by atoms with Gasteiger partial charge < -0.3 is 10.2 Å². The first-order valence-corrected chi connectivity index (χ1v) is 9.76. The average molecular weight is 411 g/mol. The SMILES string of the molecule is O=C1c2nn(-c3ccccc3Cl)c(-c3ccc(Cl)cc3)c2NC[C@@H]2CC=CN12. The van der Waals surface area contributed by atoms with Gasteiger partial charge in [-0.05, 0) is 30.7 Å². The lowest BCUT2D eigenvalue weighted by atomic mass is 10.1. The number of hydrogen-bond acceptors (Lipinski definition) is 3. The van der Waals surface area contributed by atoms with Crippen molar-refractivity contribution >= 4 is 34.8 Å². The van der Waals surface area contributed by atoms with E-state index >= 15 is 0 Å². The summed E-state index contributed by atoms with van der Waals surface area (Å²) in [5, 5.41) is 9.35. The van der Waals surface area contributed by atoms with E-state index in [1.807, 2.05) is 60.8 Å². The molecule has 0 saturated heterocycles. The monoisotopic (exact) mass is 410 g/mol. The van der Waals surface area contributed by atoms with Crippen LogP contribution in [0.25, 0.3) is 16.9 Å². The molecule has 0 radical (unpaired) electrons. The molecule has 0 unspecified atom stereocenters. The topological polar surface area (TPSA) is 50.2 Å². The second-order valence-corrected chi connectivity index (χ2v) is 7.65. The van der Waals surface area contributed by atoms with E-state index in [0.717, 1.165) is 23.4 Å². The summed E-state index contributed by atoms with van der Waals surface area (Å²) in [5.41, 5.74) is 3.51. The van der Waals surface area contributed by atoms with Crippen LogP contribution in [0.15, 0.2) is 60.8 Å². The maximum atomic E-state index is 13.2. The average Bonchev–Trinajstić information content (AvgIpc) is 3.29. The fraction of sp³-hybridized carbons (Fsp3) is 0.143. The summed E-state index contributed by atoms with van der Waals surface area (Å²) >= 11 is 12.5. The van der Waals surface area contributed by atoms with E-state index in [1.165, 1.54) is 0 Å². The van der Waals surface area contributed by atoms with Crippen molar-refractivity contribution in [2.75, 3.05) is 11.9 Å². The number of hydrogen-bond donors (Lipinski definition) is 1. The molecule has 2 aliphatic heterocycles. The van der Waals surface area contributed by atoms with Crippen LogP contribution in [0.3, 0.4) is 0 Å². The number of fused-ring (bicyclic) bond motifs is 2. The van der Waals surface area contributed by atoms with Gasteiger partial charge in [-0.15, -0.1) is 0 Å². The van der Waals surface area contributed by atoms with E-state index in [9.17, 15) is 4.79 Å². The molecule has 0 saturated carbocycles. The zero-order valence-electron chi connectivity index (χ0n) is 14.8. The molecule has 2 aliphatic rings. The van der Waals surface area contributed by atoms with Crippen molar-refractivity contribution < 1.29 is 4.79 Å². The Morgan fingerprint density at radius 1 is 1.07 bits per heavy atom. The third kappa shape index (κ3) is 2.70. The first-order valence-electron chi connectivity index (χ1n) is 9.00. The molecule has 0 bridgehead atoms. The largest absolute Gasteiger partial charge is 0.379 e. The van der Waals surface area contributed by atoms with Crippen LogP contribution in [0.4, 0.5) is 5.69 Å². The summed E-state index contributed by atoms with van der Waals surface area (Å²) in [4.78, 5) is 14.9. The van der Waals surface area contributed by atoms with Crippen LogP contribution in [0, 0.1) is 0 Å². The van der Waals surface area contributed by atoms with Crippen LogP contribution in [-0.4, -0.2) is 33.2 Å². The van der Waals surface area contributed by atoms with Crippen molar-refractivity contribution in [1.82, 2.24) is 14.7 Å². The molecule has 140 valence electrons. The van der Waals surface area contributed by atoms with E-state index in [4.69, 9.17) is 28.3 Å². The first-order chi connectivity index (χ1) is 13.6. The van der Waals surface area contributed by atoms with Crippen LogP contribution in [0.2, 0.25) is 10.0 Å². The number of nitrogens with one attached hydrogen (secondary N) is 1. The summed E-state index contributed by atoms with van der Waals surface area (Å²) in [6, 6.07) is 15.1. The zero-order chi connectivity index (χ0) is 19.3. The number of benzene rings is 2. The highest BCUT2D eigenvalue weighted by Gasteiger charge is 2.35. The maximum Gasteiger partial charge on any atom is 0.280 e. The zero-order valence-corrected chi connectivity index (χ0v) is 16.3. The maximum absolute atomic E-state index is 13.2. The Kier molecular flexibility index (Phi) is 4.14. The van der Waals surface area contributed by atoms with Gasteiger partial charge >= 0.3 is 0 Å². The van der Waals surface area contributed by atoms with Crippen LogP contribution in [-0.2, 0) is 0 Å². The van der Waals surface area contributed by atoms with Crippen LogP contribution in [0.1, 0.15) is 16.9 Å². The molecular formula is C21H16Cl2N4O. The molecule has 0 spiro atoms. The Balaban J connectivity index is 1.76. The van der Waals surface area contributed by atoms with Gasteiger partial charge in [0.15, 0.2) is 5.69 Å². The number of rotatable bonds is 2. The Morgan fingerprint density at radius 2 is 1.86 bits per heavy atom. The summed E-state index contributed by atoms with van der Waals surface area (Å²) in [7, 11) is 0. The van der Waals surface area contributed by atoms with Crippen molar-refractivity contribution in [3.63, 3.8) is 0 Å². The summed E-state index contributed by atoms with van der Waals surface area (Å²) in [5.74, 6) is -0.111. The lowest BCUT2D eigenvalue weighted by molar-refractivity contribution is 0.0790. The van der Waals surface area contributed by atoms with Gasteiger partial charge in [0.25, 0.3) is 5.91 Å². The number of carbonyl (C=O) groups is 1. The lowest BCUT2D eigenvalue weighted by Crippen LogP contribution is -2.35. The van der Waals surface area contributed by atoms with Gasteiger partial charge in [-0.3, -0.25) is 4.79 Å². The number of aromatic nitrogens is 2. The Labute approximate surface area is 172 Å². The van der Waals surface area contributed by atoms with Crippen molar-refractivity contribution in [1.29, 1.82) is 0 Å². The van der Waals surface area contributed by atoms with Crippen LogP contribution < -0.4 is 5.32 Å². The normalized spacial score (nSPS) is 17.9. The van der Waals surface area contributed by atoms with E-state index in [2.05, 4.69) is 5.32 Å². The Morgan fingerprint density at radius 3 is 2.64 bits per heavy atom. The number of para-hydroxylation sites is 1. The van der Waals surface area contributed by atoms with E-state index < -0.39 is 0 Å². The van der Waals surface area contributed by atoms with Crippen LogP contribution in [0.5, 0.6) is 0 Å². The van der Waals surface area contributed by atoms with Crippen molar-refractivity contribution in [2.24, 2.45) is 0 Å². The number of nitrogens with zero attached hydrogens (tertiary/aromatic N) is 3. The molecule has 1 atom stereocenters. The smallest absolute Gasteiger partial charge is 0.280 e. The molecule has 1 amide bonds. The third-order valence-electron chi connectivity index (χ3n) is 5.10. The first kappa shape index (κ1) is 17.3. The van der Waals surface area contributed by atoms with Crippen molar-refractivity contribution in [2.45, 2.75) is 12.5 Å². The number of amides is 1. The molecule has 1 N–H and O–H groups in total. The van der Waals surface area contributed by atoms with Gasteiger partial charge in [-0.2, -0.15) is 5.10 Å². The highest BCUT2D eigenvalue weighted by atomic mass is 35.5. The minimum atomic E-state index is -0.111. The summed E-state index contributed by atoms with van der Waals surface area (Å²) in [6.45, 7) is 0.653. The number of halogens is 2. The standard InChI is InChI=1S/C21H16Cl2N4O/c22-14-9-7-13(8-10-14)20-18-19(21(28)26-11-3-4-15(26)12-24-18)25-27(20)17-6-2-1-5-16(17)23/h1-3,5-11,15,24H,4,12H2/t15-/m0/s1. The molecule has 2 aromatic carbocycles. The fourth-order valence-electron chi connectivity index (χ4n) is 3.73. The van der Waals surface area contributed by atoms with Crippen molar-refractivity contribution in [3.8, 4) is 16.9 Å². The molecular weight excluding hydrogens is 395 g/mol. The summed E-state index contributed by atoms with van der Waals surface area (Å²) < 4.78 is 1.74. The van der Waals surface area contributed by atoms with Gasteiger partial charge in [0.05, 0.1) is 28.1 Å². The van der Waals surface area contributed by atoms with Crippen LogP contribution >= 0.6 is 23.2 Å². The fourth-order valence-corrected chi connectivity index (χ4v) is 4.07. The second-order valence-electron chi connectivity index (χ2n) is 6.81. The van der Waals surface area contributed by atoms with Gasteiger partial charge in [-0.25, -0.2) is 4.68 Å². The Hall–Kier alpha value is -2.76. The van der Waals surface area contributed by atoms with E-state index in [0.29, 0.717) is 28.0 Å². The van der Waals surface area contributed by atoms with Gasteiger partial charge in [0.1, 0.15) is 0 Å². The van der Waals surface area contributed by atoms with E-state index in [-0.39, 0.29) is 11.9 Å². The highest BCUT2D eigenvalue weighted by molar-refractivity contribution is 6.32. The molecule has 1 aromatic heterocycles. The quantitative estimate of drug-likeness (QED) is 0.646. The lowest BCUT2D eigenvalue weighted by Gasteiger charge is -2.20. The Bertz CT molecular complexity index is 1100. The second kappa shape index (κ2) is 6.69. The number of anilines is 1. The molecule has 28 heavy (non-hydrogen) atoms. The molecule has 7 heteroatoms. The minimum absolute atomic E-state index is 0.105. The molecule has 5 nitrogen and oxygen atoms in total.